The molecule has 1 rings (SSSR count). The van der Waals surface area contributed by atoms with Crippen LogP contribution in [0.4, 0.5) is 13.2 Å². The van der Waals surface area contributed by atoms with Gasteiger partial charge in [0.05, 0.1) is 5.69 Å². The Kier molecular flexibility index (Phi) is 5.74. The first kappa shape index (κ1) is 17.8. The number of aromatic nitrogens is 2. The molecule has 0 saturated heterocycles. The Labute approximate surface area is 126 Å². The molecule has 22 heavy (non-hydrogen) atoms. The van der Waals surface area contributed by atoms with Gasteiger partial charge in [-0.3, -0.25) is 9.48 Å². The second-order valence-corrected chi connectivity index (χ2v) is 4.78. The first-order valence-corrected chi connectivity index (χ1v) is 6.70. The van der Waals surface area contributed by atoms with Gasteiger partial charge in [0.15, 0.2) is 0 Å². The summed E-state index contributed by atoms with van der Waals surface area (Å²) in [6.45, 7) is 4.08. The van der Waals surface area contributed by atoms with Gasteiger partial charge in [0, 0.05) is 17.8 Å². The number of hydrogen-bond donors (Lipinski definition) is 1. The summed E-state index contributed by atoms with van der Waals surface area (Å²) in [4.78, 5) is 11.8. The molecule has 0 atom stereocenters. The van der Waals surface area contributed by atoms with E-state index in [1.54, 1.807) is 6.07 Å². The second kappa shape index (κ2) is 7.11. The van der Waals surface area contributed by atoms with Gasteiger partial charge < -0.3 is 5.32 Å². The predicted octanol–water partition coefficient (Wildman–Crippen LogP) is 2.50. The fraction of sp³-hybridized carbons (Fsp3) is 0.500. The van der Waals surface area contributed by atoms with Crippen molar-refractivity contribution < 1.29 is 18.0 Å². The maximum Gasteiger partial charge on any atom is 0.408 e. The van der Waals surface area contributed by atoms with E-state index in [1.165, 1.54) is 19.9 Å². The van der Waals surface area contributed by atoms with Crippen molar-refractivity contribution in [2.24, 2.45) is 0 Å². The molecule has 0 bridgehead atoms. The Morgan fingerprint density at radius 2 is 2.09 bits per heavy atom. The van der Waals surface area contributed by atoms with E-state index >= 15 is 0 Å². The Hall–Kier alpha value is -2.30. The van der Waals surface area contributed by atoms with Gasteiger partial charge in [-0.2, -0.15) is 23.5 Å². The second-order valence-electron chi connectivity index (χ2n) is 4.78. The third-order valence-corrected chi connectivity index (χ3v) is 2.96. The highest BCUT2D eigenvalue weighted by atomic mass is 19.4. The van der Waals surface area contributed by atoms with Crippen molar-refractivity contribution in [1.29, 1.82) is 5.26 Å². The highest BCUT2D eigenvalue weighted by molar-refractivity contribution is 6.01. The average Bonchev–Trinajstić information content (AvgIpc) is 2.66. The minimum absolute atomic E-state index is 0.161. The van der Waals surface area contributed by atoms with E-state index in [4.69, 9.17) is 5.26 Å². The molecule has 0 spiro atoms. The first-order valence-electron chi connectivity index (χ1n) is 6.70. The minimum atomic E-state index is -4.39. The van der Waals surface area contributed by atoms with Crippen molar-refractivity contribution in [2.45, 2.75) is 39.9 Å². The Morgan fingerprint density at radius 1 is 1.45 bits per heavy atom. The molecule has 1 aromatic heterocycles. The quantitative estimate of drug-likeness (QED) is 0.670. The van der Waals surface area contributed by atoms with E-state index in [9.17, 15) is 18.0 Å². The number of rotatable bonds is 5. The van der Waals surface area contributed by atoms with Crippen LogP contribution in [-0.2, 0) is 11.3 Å². The lowest BCUT2D eigenvalue weighted by molar-refractivity contribution is -0.143. The van der Waals surface area contributed by atoms with Gasteiger partial charge in [0.1, 0.15) is 18.2 Å². The zero-order valence-electron chi connectivity index (χ0n) is 12.6. The number of carbonyl (C=O) groups is 1. The summed E-state index contributed by atoms with van der Waals surface area (Å²) in [6, 6.07) is 1.76. The molecule has 0 saturated carbocycles. The van der Waals surface area contributed by atoms with E-state index in [1.807, 2.05) is 6.92 Å². The number of carbonyl (C=O) groups excluding carboxylic acids is 1. The van der Waals surface area contributed by atoms with Gasteiger partial charge in [-0.15, -0.1) is 0 Å². The normalized spacial score (nSPS) is 12.1. The molecule has 0 fully saturated rings. The first-order chi connectivity index (χ1) is 10.2. The van der Waals surface area contributed by atoms with Crippen molar-refractivity contribution in [2.75, 3.05) is 6.54 Å². The van der Waals surface area contributed by atoms with Gasteiger partial charge in [0.25, 0.3) is 5.91 Å². The van der Waals surface area contributed by atoms with E-state index in [0.29, 0.717) is 24.2 Å². The lowest BCUT2D eigenvalue weighted by Crippen LogP contribution is -2.25. The van der Waals surface area contributed by atoms with Crippen LogP contribution in [0.15, 0.2) is 5.57 Å². The molecule has 1 aromatic rings. The molecule has 5 nitrogen and oxygen atoms in total. The largest absolute Gasteiger partial charge is 0.408 e. The van der Waals surface area contributed by atoms with Gasteiger partial charge in [0.2, 0.25) is 0 Å². The summed E-state index contributed by atoms with van der Waals surface area (Å²) < 4.78 is 38.2. The highest BCUT2D eigenvalue weighted by Gasteiger charge is 2.30. The van der Waals surface area contributed by atoms with Crippen LogP contribution in [0.3, 0.4) is 0 Å². The van der Waals surface area contributed by atoms with Crippen LogP contribution >= 0.6 is 0 Å². The van der Waals surface area contributed by atoms with Crippen molar-refractivity contribution >= 4 is 12.0 Å². The number of nitrogens with one attached hydrogen (secondary N) is 1. The molecular weight excluding hydrogens is 297 g/mol. The molecule has 1 N–H and O–H groups in total. The van der Waals surface area contributed by atoms with Crippen molar-refractivity contribution in [3.05, 3.63) is 22.5 Å². The van der Waals surface area contributed by atoms with Crippen LogP contribution in [0.25, 0.3) is 6.08 Å². The molecule has 0 aromatic carbocycles. The van der Waals surface area contributed by atoms with Crippen molar-refractivity contribution in [3.8, 4) is 6.07 Å². The molecule has 0 unspecified atom stereocenters. The third-order valence-electron chi connectivity index (χ3n) is 2.96. The van der Waals surface area contributed by atoms with Gasteiger partial charge >= 0.3 is 6.18 Å². The molecule has 0 aliphatic heterocycles. The molecule has 0 aliphatic rings. The molecule has 1 amide bonds. The number of amides is 1. The van der Waals surface area contributed by atoms with Crippen LogP contribution in [0, 0.1) is 25.2 Å². The number of hydrogen-bond acceptors (Lipinski definition) is 3. The van der Waals surface area contributed by atoms with Gasteiger partial charge in [-0.25, -0.2) is 0 Å². The van der Waals surface area contributed by atoms with Crippen LogP contribution < -0.4 is 5.32 Å². The molecule has 0 radical (unpaired) electrons. The van der Waals surface area contributed by atoms with Gasteiger partial charge in [-0.05, 0) is 26.3 Å². The summed E-state index contributed by atoms with van der Waals surface area (Å²) in [6.07, 6.45) is -2.40. The third kappa shape index (κ3) is 4.62. The van der Waals surface area contributed by atoms with Crippen molar-refractivity contribution in [1.82, 2.24) is 15.1 Å². The Morgan fingerprint density at radius 3 is 2.59 bits per heavy atom. The summed E-state index contributed by atoms with van der Waals surface area (Å²) in [7, 11) is 0. The predicted molar refractivity (Wildman–Crippen MR) is 74.6 cm³/mol. The van der Waals surface area contributed by atoms with E-state index in [0.717, 1.165) is 4.68 Å². The number of nitrogens with zero attached hydrogens (tertiary/aromatic N) is 3. The van der Waals surface area contributed by atoms with E-state index in [2.05, 4.69) is 10.4 Å². The summed E-state index contributed by atoms with van der Waals surface area (Å²) in [5, 5.41) is 15.4. The smallest absolute Gasteiger partial charge is 0.351 e. The topological polar surface area (TPSA) is 70.7 Å². The molecule has 120 valence electrons. The highest BCUT2D eigenvalue weighted by Crippen LogP contribution is 2.22. The number of alkyl halides is 3. The van der Waals surface area contributed by atoms with Crippen LogP contribution in [0.2, 0.25) is 0 Å². The lowest BCUT2D eigenvalue weighted by atomic mass is 10.1. The SMILES string of the molecule is CCCNC(=O)/C(C#N)=C/c1c(C)nn(CC(F)(F)F)c1C. The van der Waals surface area contributed by atoms with Crippen LogP contribution in [-0.4, -0.2) is 28.4 Å². The maximum absolute atomic E-state index is 12.5. The van der Waals surface area contributed by atoms with Crippen LogP contribution in [0.5, 0.6) is 0 Å². The fourth-order valence-electron chi connectivity index (χ4n) is 1.87. The van der Waals surface area contributed by atoms with E-state index < -0.39 is 18.6 Å². The Bertz CT molecular complexity index is 623. The summed E-state index contributed by atoms with van der Waals surface area (Å²) >= 11 is 0. The number of halogens is 3. The lowest BCUT2D eigenvalue weighted by Gasteiger charge is -2.08. The maximum atomic E-state index is 12.5. The zero-order chi connectivity index (χ0) is 16.9. The van der Waals surface area contributed by atoms with Crippen LogP contribution in [0.1, 0.15) is 30.3 Å². The molecule has 8 heteroatoms. The number of aryl methyl sites for hydroxylation is 1. The molecule has 1 heterocycles. The average molecular weight is 314 g/mol. The zero-order valence-corrected chi connectivity index (χ0v) is 12.6. The monoisotopic (exact) mass is 314 g/mol. The summed E-state index contributed by atoms with van der Waals surface area (Å²) in [5.74, 6) is -0.549. The van der Waals surface area contributed by atoms with Crippen molar-refractivity contribution in [3.63, 3.8) is 0 Å². The molecule has 0 aliphatic carbocycles. The molecular formula is C14H17F3N4O. The number of nitriles is 1. The minimum Gasteiger partial charge on any atom is -0.351 e. The van der Waals surface area contributed by atoms with Gasteiger partial charge in [-0.1, -0.05) is 6.92 Å². The summed E-state index contributed by atoms with van der Waals surface area (Å²) in [5.41, 5.74) is 0.780. The Balaban J connectivity index is 3.13. The fourth-order valence-corrected chi connectivity index (χ4v) is 1.87. The van der Waals surface area contributed by atoms with E-state index in [-0.39, 0.29) is 11.3 Å². The standard InChI is InChI=1S/C14H17F3N4O/c1-4-5-19-13(22)11(7-18)6-12-9(2)20-21(10(12)3)8-14(15,16)17/h6H,4-5,8H2,1-3H3,(H,19,22)/b11-6+.